The van der Waals surface area contributed by atoms with Crippen LogP contribution in [0.25, 0.3) is 6.08 Å². The minimum atomic E-state index is -0.0546. The first-order valence-corrected chi connectivity index (χ1v) is 13.0. The van der Waals surface area contributed by atoms with Crippen LogP contribution in [-0.2, 0) is 11.3 Å². The first-order chi connectivity index (χ1) is 15.9. The number of nitrogens with zero attached hydrogens (tertiary/aromatic N) is 1. The van der Waals surface area contributed by atoms with Gasteiger partial charge in [0, 0.05) is 29.4 Å². The van der Waals surface area contributed by atoms with E-state index in [1.165, 1.54) is 24.0 Å². The molecule has 2 aromatic carbocycles. The fourth-order valence-corrected chi connectivity index (χ4v) is 6.13. The molecule has 1 saturated carbocycles. The van der Waals surface area contributed by atoms with E-state index in [1.807, 2.05) is 37.3 Å². The highest BCUT2D eigenvalue weighted by molar-refractivity contribution is 8.04. The number of hydrogen-bond acceptors (Lipinski definition) is 3. The Morgan fingerprint density at radius 1 is 1.18 bits per heavy atom. The fourth-order valence-electron chi connectivity index (χ4n) is 4.66. The van der Waals surface area contributed by atoms with E-state index in [4.69, 9.17) is 0 Å². The Morgan fingerprint density at radius 3 is 2.67 bits per heavy atom. The first kappa shape index (κ1) is 23.6. The first-order valence-electron chi connectivity index (χ1n) is 12.1. The number of benzene rings is 2. The van der Waals surface area contributed by atoms with Crippen LogP contribution < -0.4 is 5.32 Å². The average Bonchev–Trinajstić information content (AvgIpc) is 2.82. The van der Waals surface area contributed by atoms with Gasteiger partial charge in [-0.2, -0.15) is 0 Å². The zero-order valence-electron chi connectivity index (χ0n) is 19.8. The van der Waals surface area contributed by atoms with Crippen molar-refractivity contribution in [3.05, 3.63) is 75.7 Å². The lowest BCUT2D eigenvalue weighted by molar-refractivity contribution is -0.130. The molecule has 174 valence electrons. The zero-order valence-corrected chi connectivity index (χ0v) is 20.7. The Hall–Kier alpha value is -2.53. The quantitative estimate of drug-likeness (QED) is 0.540. The van der Waals surface area contributed by atoms with Crippen LogP contribution >= 0.6 is 11.8 Å². The highest BCUT2D eigenvalue weighted by Crippen LogP contribution is 2.42. The highest BCUT2D eigenvalue weighted by atomic mass is 32.2. The topological polar surface area (TPSA) is 49.4 Å². The number of rotatable bonds is 6. The molecule has 0 spiro atoms. The van der Waals surface area contributed by atoms with Crippen molar-refractivity contribution >= 4 is 29.7 Å². The molecule has 2 amide bonds. The molecule has 1 heterocycles. The van der Waals surface area contributed by atoms with Crippen molar-refractivity contribution in [2.45, 2.75) is 76.8 Å². The van der Waals surface area contributed by atoms with Crippen molar-refractivity contribution in [2.75, 3.05) is 0 Å². The summed E-state index contributed by atoms with van der Waals surface area (Å²) in [6.45, 7) is 6.81. The summed E-state index contributed by atoms with van der Waals surface area (Å²) in [7, 11) is 0. The number of aryl methyl sites for hydroxylation is 1. The number of carbonyl (C=O) groups excluding carboxylic acids is 2. The molecule has 4 nitrogen and oxygen atoms in total. The Balaban J connectivity index is 1.55. The second-order valence-electron chi connectivity index (χ2n) is 9.34. The molecular formula is C28H34N2O2S. The third kappa shape index (κ3) is 5.70. The number of fused-ring (bicyclic) bond motifs is 1. The van der Waals surface area contributed by atoms with Crippen molar-refractivity contribution in [1.29, 1.82) is 0 Å². The SMILES string of the molecule is CCC(C)NC(=O)c1ccc(/C=C2/SC3CCCCC3N(Cc3cccc(C)c3)C2=O)cc1. The van der Waals surface area contributed by atoms with Crippen molar-refractivity contribution in [3.8, 4) is 0 Å². The number of hydrogen-bond donors (Lipinski definition) is 1. The van der Waals surface area contributed by atoms with E-state index in [9.17, 15) is 9.59 Å². The van der Waals surface area contributed by atoms with Gasteiger partial charge in [-0.05, 0) is 62.4 Å². The van der Waals surface area contributed by atoms with Gasteiger partial charge in [-0.15, -0.1) is 11.8 Å². The van der Waals surface area contributed by atoms with E-state index in [2.05, 4.69) is 48.3 Å². The van der Waals surface area contributed by atoms with Gasteiger partial charge in [0.2, 0.25) is 0 Å². The van der Waals surface area contributed by atoms with E-state index in [0.717, 1.165) is 29.7 Å². The summed E-state index contributed by atoms with van der Waals surface area (Å²) < 4.78 is 0. The standard InChI is InChI=1S/C28H34N2O2S/c1-4-20(3)29-27(31)23-14-12-21(13-15-23)17-26-28(32)30(18-22-9-7-8-19(2)16-22)24-10-5-6-11-25(24)33-26/h7-9,12-17,20,24-25H,4-6,10-11,18H2,1-3H3,(H,29,31)/b26-17+. The molecule has 3 atom stereocenters. The van der Waals surface area contributed by atoms with Crippen LogP contribution in [0.3, 0.4) is 0 Å². The molecule has 1 N–H and O–H groups in total. The van der Waals surface area contributed by atoms with Gasteiger partial charge in [0.1, 0.15) is 0 Å². The van der Waals surface area contributed by atoms with Crippen LogP contribution in [0.1, 0.15) is 73.0 Å². The van der Waals surface area contributed by atoms with Gasteiger partial charge < -0.3 is 10.2 Å². The zero-order chi connectivity index (χ0) is 23.4. The smallest absolute Gasteiger partial charge is 0.260 e. The Bertz CT molecular complexity index is 1030. The molecule has 1 saturated heterocycles. The molecule has 2 aliphatic rings. The Kier molecular flexibility index (Phi) is 7.59. The molecule has 2 aromatic rings. The average molecular weight is 463 g/mol. The van der Waals surface area contributed by atoms with Crippen LogP contribution in [0.5, 0.6) is 0 Å². The number of amides is 2. The molecule has 1 aliphatic heterocycles. The van der Waals surface area contributed by atoms with E-state index < -0.39 is 0 Å². The maximum absolute atomic E-state index is 13.6. The van der Waals surface area contributed by atoms with Gasteiger partial charge >= 0.3 is 0 Å². The summed E-state index contributed by atoms with van der Waals surface area (Å²) in [5.74, 6) is 0.0734. The predicted octanol–water partition coefficient (Wildman–Crippen LogP) is 5.95. The van der Waals surface area contributed by atoms with Crippen molar-refractivity contribution < 1.29 is 9.59 Å². The van der Waals surface area contributed by atoms with Gasteiger partial charge in [-0.3, -0.25) is 9.59 Å². The fraction of sp³-hybridized carbons (Fsp3) is 0.429. The monoisotopic (exact) mass is 462 g/mol. The normalized spacial score (nSPS) is 22.7. The van der Waals surface area contributed by atoms with Crippen molar-refractivity contribution in [2.24, 2.45) is 0 Å². The van der Waals surface area contributed by atoms with Crippen LogP contribution in [0.4, 0.5) is 0 Å². The molecule has 5 heteroatoms. The predicted molar refractivity (Wildman–Crippen MR) is 137 cm³/mol. The van der Waals surface area contributed by atoms with Gasteiger partial charge in [0.15, 0.2) is 0 Å². The van der Waals surface area contributed by atoms with E-state index in [1.54, 1.807) is 11.8 Å². The number of thioether (sulfide) groups is 1. The van der Waals surface area contributed by atoms with Gasteiger partial charge in [-0.1, -0.05) is 61.7 Å². The minimum Gasteiger partial charge on any atom is -0.350 e. The largest absolute Gasteiger partial charge is 0.350 e. The minimum absolute atomic E-state index is 0.0546. The lowest BCUT2D eigenvalue weighted by atomic mass is 9.92. The summed E-state index contributed by atoms with van der Waals surface area (Å²) in [6.07, 6.45) is 7.56. The Labute approximate surface area is 201 Å². The van der Waals surface area contributed by atoms with Crippen molar-refractivity contribution in [3.63, 3.8) is 0 Å². The number of carbonyl (C=O) groups is 2. The summed E-state index contributed by atoms with van der Waals surface area (Å²) in [4.78, 5) is 28.9. The summed E-state index contributed by atoms with van der Waals surface area (Å²) in [6, 6.07) is 16.5. The Morgan fingerprint density at radius 2 is 1.94 bits per heavy atom. The van der Waals surface area contributed by atoms with Crippen LogP contribution in [-0.4, -0.2) is 34.0 Å². The summed E-state index contributed by atoms with van der Waals surface area (Å²) in [5.41, 5.74) is 4.01. The van der Waals surface area contributed by atoms with E-state index >= 15 is 0 Å². The third-order valence-corrected chi connectivity index (χ3v) is 8.11. The molecule has 3 unspecified atom stereocenters. The molecule has 4 rings (SSSR count). The molecule has 0 bridgehead atoms. The third-order valence-electron chi connectivity index (χ3n) is 6.71. The number of nitrogens with one attached hydrogen (secondary N) is 1. The molecular weight excluding hydrogens is 428 g/mol. The summed E-state index contributed by atoms with van der Waals surface area (Å²) in [5, 5.41) is 3.45. The van der Waals surface area contributed by atoms with Crippen LogP contribution in [0.15, 0.2) is 53.4 Å². The summed E-state index contributed by atoms with van der Waals surface area (Å²) >= 11 is 1.75. The van der Waals surface area contributed by atoms with Crippen molar-refractivity contribution in [1.82, 2.24) is 10.2 Å². The van der Waals surface area contributed by atoms with Gasteiger partial charge in [0.25, 0.3) is 11.8 Å². The molecule has 33 heavy (non-hydrogen) atoms. The molecule has 0 aromatic heterocycles. The van der Waals surface area contributed by atoms with Gasteiger partial charge in [-0.25, -0.2) is 0 Å². The maximum atomic E-state index is 13.6. The molecule has 0 radical (unpaired) electrons. The molecule has 1 aliphatic carbocycles. The van der Waals surface area contributed by atoms with Gasteiger partial charge in [0.05, 0.1) is 4.91 Å². The second kappa shape index (κ2) is 10.6. The lowest BCUT2D eigenvalue weighted by Crippen LogP contribution is -2.50. The van der Waals surface area contributed by atoms with Crippen LogP contribution in [0, 0.1) is 6.92 Å². The highest BCUT2D eigenvalue weighted by Gasteiger charge is 2.40. The molecule has 2 fully saturated rings. The second-order valence-corrected chi connectivity index (χ2v) is 10.6. The lowest BCUT2D eigenvalue weighted by Gasteiger charge is -2.44. The maximum Gasteiger partial charge on any atom is 0.260 e. The van der Waals surface area contributed by atoms with E-state index in [-0.39, 0.29) is 17.9 Å². The van der Waals surface area contributed by atoms with Crippen LogP contribution in [0.2, 0.25) is 0 Å². The van der Waals surface area contributed by atoms with E-state index in [0.29, 0.717) is 23.4 Å².